The van der Waals surface area contributed by atoms with Crippen molar-refractivity contribution in [1.82, 2.24) is 0 Å². The molecular weight excluding hydrogens is 304 g/mol. The average Bonchev–Trinajstić information content (AvgIpc) is 2.91. The van der Waals surface area contributed by atoms with Gasteiger partial charge in [0.05, 0.1) is 13.2 Å². The molecule has 3 fully saturated rings. The molecule has 0 aromatic carbocycles. The summed E-state index contributed by atoms with van der Waals surface area (Å²) in [6, 6.07) is 0. The molecule has 10 nitrogen and oxygen atoms in total. The van der Waals surface area contributed by atoms with Crippen molar-refractivity contribution in [2.75, 3.05) is 26.4 Å². The Morgan fingerprint density at radius 1 is 0.727 bits per heavy atom. The van der Waals surface area contributed by atoms with Gasteiger partial charge >= 0.3 is 0 Å². The Hall–Kier alpha value is -0.400. The molecule has 0 aromatic rings. The maximum atomic E-state index is 10.0. The quantitative estimate of drug-likeness (QED) is 0.293. The minimum atomic E-state index is -1.69. The third-order valence-electron chi connectivity index (χ3n) is 4.41. The van der Waals surface area contributed by atoms with Crippen molar-refractivity contribution >= 4 is 0 Å². The molecule has 0 radical (unpaired) electrons. The van der Waals surface area contributed by atoms with Crippen molar-refractivity contribution in [3.8, 4) is 0 Å². The van der Waals surface area contributed by atoms with Crippen LogP contribution >= 0.6 is 0 Å². The van der Waals surface area contributed by atoms with Crippen LogP contribution in [-0.4, -0.2) is 105 Å². The van der Waals surface area contributed by atoms with Crippen LogP contribution in [0, 0.1) is 0 Å². The van der Waals surface area contributed by atoms with E-state index in [9.17, 15) is 20.4 Å². The molecule has 0 unspecified atom stereocenters. The van der Waals surface area contributed by atoms with Gasteiger partial charge in [0.25, 0.3) is 0 Å². The Labute approximate surface area is 125 Å². The van der Waals surface area contributed by atoms with Crippen LogP contribution in [0.15, 0.2) is 0 Å². The number of rotatable bonds is 2. The SMILES string of the molecule is OC[C@@H]1O[C@@]2(CO[C@]3(CO2)O[C@H](CO)[C@@H](O)[C@@H]3O)[C@H](O)[C@H]1O. The van der Waals surface area contributed by atoms with Crippen LogP contribution in [-0.2, 0) is 18.9 Å². The van der Waals surface area contributed by atoms with E-state index in [4.69, 9.17) is 29.2 Å². The molecular formula is C12H20O10. The summed E-state index contributed by atoms with van der Waals surface area (Å²) in [6.07, 6.45) is -7.69. The third-order valence-corrected chi connectivity index (χ3v) is 4.41. The largest absolute Gasteiger partial charge is 0.394 e. The molecule has 3 aliphatic heterocycles. The van der Waals surface area contributed by atoms with E-state index in [1.54, 1.807) is 0 Å². The summed E-state index contributed by atoms with van der Waals surface area (Å²) >= 11 is 0. The second-order valence-corrected chi connectivity index (χ2v) is 5.75. The number of hydrogen-bond donors (Lipinski definition) is 6. The predicted molar refractivity (Wildman–Crippen MR) is 65.3 cm³/mol. The minimum absolute atomic E-state index is 0.399. The van der Waals surface area contributed by atoms with Crippen molar-refractivity contribution < 1.29 is 49.6 Å². The highest BCUT2D eigenvalue weighted by Crippen LogP contribution is 2.42. The van der Waals surface area contributed by atoms with Gasteiger partial charge in [0, 0.05) is 0 Å². The molecule has 22 heavy (non-hydrogen) atoms. The van der Waals surface area contributed by atoms with Gasteiger partial charge in [0.1, 0.15) is 49.8 Å². The van der Waals surface area contributed by atoms with E-state index in [0.717, 1.165) is 0 Å². The van der Waals surface area contributed by atoms with Gasteiger partial charge in [0.15, 0.2) is 0 Å². The number of aliphatic hydroxyl groups is 6. The van der Waals surface area contributed by atoms with E-state index in [-0.39, 0.29) is 0 Å². The standard InChI is InChI=1S/C12H20O10/c13-1-5-7(15)9(17)11(21-5)3-20-12(4-19-11)10(18)8(16)6(2-14)22-12/h5-10,13-18H,1-4H2/t5-,6+,7-,8+,9+,10-,11-,12+. The molecule has 3 rings (SSSR count). The predicted octanol–water partition coefficient (Wildman–Crippen LogP) is -4.35. The van der Waals surface area contributed by atoms with Gasteiger partial charge in [-0.1, -0.05) is 0 Å². The lowest BCUT2D eigenvalue weighted by molar-refractivity contribution is -0.401. The maximum Gasteiger partial charge on any atom is 0.222 e. The Morgan fingerprint density at radius 3 is 1.32 bits per heavy atom. The first-order valence-corrected chi connectivity index (χ1v) is 6.96. The highest BCUT2D eigenvalue weighted by molar-refractivity contribution is 5.03. The lowest BCUT2D eigenvalue weighted by Gasteiger charge is -2.44. The molecule has 0 bridgehead atoms. The molecule has 0 aliphatic carbocycles. The van der Waals surface area contributed by atoms with Gasteiger partial charge in [-0.25, -0.2) is 0 Å². The summed E-state index contributed by atoms with van der Waals surface area (Å²) in [5.74, 6) is -3.38. The summed E-state index contributed by atoms with van der Waals surface area (Å²) in [4.78, 5) is 0. The smallest absolute Gasteiger partial charge is 0.222 e. The minimum Gasteiger partial charge on any atom is -0.394 e. The molecule has 3 aliphatic rings. The molecule has 6 N–H and O–H groups in total. The molecule has 3 heterocycles. The van der Waals surface area contributed by atoms with E-state index in [1.807, 2.05) is 0 Å². The summed E-state index contributed by atoms with van der Waals surface area (Å²) in [6.45, 7) is -1.83. The molecule has 2 spiro atoms. The molecule has 10 heteroatoms. The van der Waals surface area contributed by atoms with Crippen molar-refractivity contribution in [3.63, 3.8) is 0 Å². The first-order valence-electron chi connectivity index (χ1n) is 6.96. The highest BCUT2D eigenvalue weighted by atomic mass is 16.8. The average molecular weight is 324 g/mol. The lowest BCUT2D eigenvalue weighted by Crippen LogP contribution is -2.62. The van der Waals surface area contributed by atoms with Crippen molar-refractivity contribution in [2.24, 2.45) is 0 Å². The van der Waals surface area contributed by atoms with Crippen molar-refractivity contribution in [1.29, 1.82) is 0 Å². The zero-order valence-electron chi connectivity index (χ0n) is 11.6. The molecule has 3 saturated heterocycles. The Bertz CT molecular complexity index is 371. The lowest BCUT2D eigenvalue weighted by atomic mass is 10.0. The Morgan fingerprint density at radius 2 is 1.09 bits per heavy atom. The second-order valence-electron chi connectivity index (χ2n) is 5.75. The van der Waals surface area contributed by atoms with Crippen LogP contribution in [0.5, 0.6) is 0 Å². The highest BCUT2D eigenvalue weighted by Gasteiger charge is 2.64. The van der Waals surface area contributed by atoms with Gasteiger partial charge in [-0.3, -0.25) is 0 Å². The van der Waals surface area contributed by atoms with E-state index in [1.165, 1.54) is 0 Å². The van der Waals surface area contributed by atoms with Crippen LogP contribution in [0.1, 0.15) is 0 Å². The van der Waals surface area contributed by atoms with E-state index in [0.29, 0.717) is 0 Å². The Kier molecular flexibility index (Phi) is 4.19. The van der Waals surface area contributed by atoms with E-state index >= 15 is 0 Å². The zero-order valence-corrected chi connectivity index (χ0v) is 11.6. The van der Waals surface area contributed by atoms with E-state index < -0.39 is 74.6 Å². The van der Waals surface area contributed by atoms with Gasteiger partial charge in [-0.15, -0.1) is 0 Å². The van der Waals surface area contributed by atoms with Gasteiger partial charge in [-0.05, 0) is 0 Å². The number of ether oxygens (including phenoxy) is 4. The topological polar surface area (TPSA) is 158 Å². The third kappa shape index (κ3) is 2.19. The summed E-state index contributed by atoms with van der Waals surface area (Å²) in [5, 5.41) is 57.8. The van der Waals surface area contributed by atoms with Crippen molar-refractivity contribution in [2.45, 2.75) is 48.2 Å². The van der Waals surface area contributed by atoms with Crippen LogP contribution in [0.4, 0.5) is 0 Å². The fourth-order valence-corrected chi connectivity index (χ4v) is 3.02. The molecule has 128 valence electrons. The fraction of sp³-hybridized carbons (Fsp3) is 1.00. The first-order chi connectivity index (χ1) is 10.4. The summed E-state index contributed by atoms with van der Waals surface area (Å²) in [7, 11) is 0. The molecule has 0 aromatic heterocycles. The second kappa shape index (κ2) is 5.60. The van der Waals surface area contributed by atoms with Crippen LogP contribution in [0.2, 0.25) is 0 Å². The first kappa shape index (κ1) is 16.5. The fourth-order valence-electron chi connectivity index (χ4n) is 3.02. The van der Waals surface area contributed by atoms with Gasteiger partial charge < -0.3 is 49.6 Å². The van der Waals surface area contributed by atoms with Crippen molar-refractivity contribution in [3.05, 3.63) is 0 Å². The summed E-state index contributed by atoms with van der Waals surface area (Å²) < 4.78 is 21.6. The Balaban J connectivity index is 1.73. The maximum absolute atomic E-state index is 10.0. The van der Waals surface area contributed by atoms with Gasteiger partial charge in [0.2, 0.25) is 11.6 Å². The normalized spacial score (nSPS) is 55.4. The number of hydrogen-bond acceptors (Lipinski definition) is 10. The number of aliphatic hydroxyl groups excluding tert-OH is 6. The van der Waals surface area contributed by atoms with Crippen LogP contribution in [0.3, 0.4) is 0 Å². The molecule has 0 saturated carbocycles. The van der Waals surface area contributed by atoms with Crippen LogP contribution in [0.25, 0.3) is 0 Å². The van der Waals surface area contributed by atoms with E-state index in [2.05, 4.69) is 0 Å². The molecule has 8 atom stereocenters. The monoisotopic (exact) mass is 324 g/mol. The van der Waals surface area contributed by atoms with Gasteiger partial charge in [-0.2, -0.15) is 0 Å². The zero-order chi connectivity index (χ0) is 16.1. The van der Waals surface area contributed by atoms with Crippen LogP contribution < -0.4 is 0 Å². The molecule has 0 amide bonds. The summed E-state index contributed by atoms with van der Waals surface area (Å²) in [5.41, 5.74) is 0.